The molecular formula is C17H21NO3. The molecule has 21 heavy (non-hydrogen) atoms. The summed E-state index contributed by atoms with van der Waals surface area (Å²) in [7, 11) is 0. The van der Waals surface area contributed by atoms with E-state index in [4.69, 9.17) is 15.6 Å². The predicted molar refractivity (Wildman–Crippen MR) is 81.9 cm³/mol. The minimum absolute atomic E-state index is 0.0151. The van der Waals surface area contributed by atoms with E-state index >= 15 is 0 Å². The Morgan fingerprint density at radius 2 is 1.67 bits per heavy atom. The summed E-state index contributed by atoms with van der Waals surface area (Å²) >= 11 is 0. The van der Waals surface area contributed by atoms with Crippen molar-refractivity contribution in [2.45, 2.75) is 18.6 Å². The van der Waals surface area contributed by atoms with Crippen molar-refractivity contribution in [2.75, 3.05) is 13.2 Å². The van der Waals surface area contributed by atoms with Crippen molar-refractivity contribution in [3.63, 3.8) is 0 Å². The topological polar surface area (TPSA) is 75.7 Å². The molecule has 2 aromatic rings. The Hall–Kier alpha value is -1.88. The number of aliphatic hydroxyl groups is 2. The Morgan fingerprint density at radius 1 is 1.00 bits per heavy atom. The number of aliphatic hydroxyl groups excluding tert-OH is 1. The third-order valence-corrected chi connectivity index (χ3v) is 3.54. The van der Waals surface area contributed by atoms with Crippen LogP contribution in [0.15, 0.2) is 54.6 Å². The first-order valence-corrected chi connectivity index (χ1v) is 6.98. The number of hydrogen-bond acceptors (Lipinski definition) is 4. The van der Waals surface area contributed by atoms with Gasteiger partial charge in [-0.1, -0.05) is 42.5 Å². The molecular weight excluding hydrogens is 266 g/mol. The van der Waals surface area contributed by atoms with E-state index in [9.17, 15) is 5.11 Å². The minimum Gasteiger partial charge on any atom is -0.493 e. The van der Waals surface area contributed by atoms with Crippen LogP contribution < -0.4 is 10.5 Å². The predicted octanol–water partition coefficient (Wildman–Crippen LogP) is 1.79. The van der Waals surface area contributed by atoms with Crippen LogP contribution in [0.4, 0.5) is 0 Å². The first-order valence-electron chi connectivity index (χ1n) is 6.98. The first-order chi connectivity index (χ1) is 10.2. The molecule has 0 saturated carbocycles. The van der Waals surface area contributed by atoms with E-state index in [0.717, 1.165) is 11.1 Å². The van der Waals surface area contributed by atoms with Crippen LogP contribution in [-0.4, -0.2) is 23.4 Å². The Balaban J connectivity index is 1.94. The second-order valence-corrected chi connectivity index (χ2v) is 5.00. The summed E-state index contributed by atoms with van der Waals surface area (Å²) in [5, 5.41) is 19.6. The lowest BCUT2D eigenvalue weighted by atomic mass is 9.91. The molecule has 0 spiro atoms. The van der Waals surface area contributed by atoms with Gasteiger partial charge in [0.05, 0.1) is 13.2 Å². The number of nitrogens with two attached hydrogens (primary N) is 1. The highest BCUT2D eigenvalue weighted by Gasteiger charge is 2.27. The summed E-state index contributed by atoms with van der Waals surface area (Å²) in [6.07, 6.45) is 0.412. The summed E-state index contributed by atoms with van der Waals surface area (Å²) in [6.45, 7) is 0.520. The van der Waals surface area contributed by atoms with Gasteiger partial charge in [0, 0.05) is 13.0 Å². The molecule has 0 aromatic heterocycles. The summed E-state index contributed by atoms with van der Waals surface area (Å²) in [5.74, 6) is 0.708. The summed E-state index contributed by atoms with van der Waals surface area (Å²) < 4.78 is 5.63. The second-order valence-electron chi connectivity index (χ2n) is 5.00. The molecule has 2 rings (SSSR count). The first kappa shape index (κ1) is 15.5. The Labute approximate surface area is 124 Å². The SMILES string of the molecule is NCC(O)(CCOc1ccc(CO)cc1)c1ccccc1. The van der Waals surface area contributed by atoms with Gasteiger partial charge >= 0.3 is 0 Å². The zero-order valence-electron chi connectivity index (χ0n) is 11.9. The van der Waals surface area contributed by atoms with Crippen molar-refractivity contribution in [3.8, 4) is 5.75 Å². The Morgan fingerprint density at radius 3 is 2.24 bits per heavy atom. The molecule has 0 heterocycles. The molecule has 0 radical (unpaired) electrons. The summed E-state index contributed by atoms with van der Waals surface area (Å²) in [6, 6.07) is 16.6. The van der Waals surface area contributed by atoms with E-state index in [1.165, 1.54) is 0 Å². The smallest absolute Gasteiger partial charge is 0.119 e. The van der Waals surface area contributed by atoms with E-state index < -0.39 is 5.60 Å². The minimum atomic E-state index is -1.08. The molecule has 1 unspecified atom stereocenters. The maximum absolute atomic E-state index is 10.6. The number of rotatable bonds is 7. The van der Waals surface area contributed by atoms with Gasteiger partial charge in [-0.2, -0.15) is 0 Å². The standard InChI is InChI=1S/C17H21NO3/c18-13-17(20,15-4-2-1-3-5-15)10-11-21-16-8-6-14(12-19)7-9-16/h1-9,19-20H,10-13,18H2. The molecule has 0 saturated heterocycles. The molecule has 0 bridgehead atoms. The maximum atomic E-state index is 10.6. The molecule has 0 aliphatic carbocycles. The van der Waals surface area contributed by atoms with E-state index in [1.54, 1.807) is 12.1 Å². The van der Waals surface area contributed by atoms with Gasteiger partial charge in [0.25, 0.3) is 0 Å². The van der Waals surface area contributed by atoms with Gasteiger partial charge in [-0.15, -0.1) is 0 Å². The molecule has 4 heteroatoms. The molecule has 0 fully saturated rings. The fourth-order valence-corrected chi connectivity index (χ4v) is 2.14. The van der Waals surface area contributed by atoms with Crippen molar-refractivity contribution in [1.29, 1.82) is 0 Å². The monoisotopic (exact) mass is 287 g/mol. The van der Waals surface area contributed by atoms with E-state index in [2.05, 4.69) is 0 Å². The third-order valence-electron chi connectivity index (χ3n) is 3.54. The van der Waals surface area contributed by atoms with Gasteiger partial charge < -0.3 is 20.7 Å². The quantitative estimate of drug-likeness (QED) is 0.726. The lowest BCUT2D eigenvalue weighted by Gasteiger charge is -2.27. The van der Waals surface area contributed by atoms with Crippen molar-refractivity contribution in [1.82, 2.24) is 0 Å². The van der Waals surface area contributed by atoms with Gasteiger partial charge in [0.1, 0.15) is 11.4 Å². The highest BCUT2D eigenvalue weighted by atomic mass is 16.5. The van der Waals surface area contributed by atoms with Gasteiger partial charge in [0.2, 0.25) is 0 Å². The molecule has 0 aliphatic heterocycles. The molecule has 0 amide bonds. The lowest BCUT2D eigenvalue weighted by molar-refractivity contribution is 0.0233. The van der Waals surface area contributed by atoms with Gasteiger partial charge in [-0.05, 0) is 23.3 Å². The van der Waals surface area contributed by atoms with Crippen LogP contribution in [0.1, 0.15) is 17.5 Å². The third kappa shape index (κ3) is 4.04. The Kier molecular flexibility index (Phi) is 5.33. The molecule has 0 aliphatic rings. The van der Waals surface area contributed by atoms with Crippen LogP contribution >= 0.6 is 0 Å². The molecule has 4 N–H and O–H groups in total. The second kappa shape index (κ2) is 7.22. The van der Waals surface area contributed by atoms with Crippen LogP contribution in [0.3, 0.4) is 0 Å². The fourth-order valence-electron chi connectivity index (χ4n) is 2.14. The van der Waals surface area contributed by atoms with E-state index in [0.29, 0.717) is 18.8 Å². The van der Waals surface area contributed by atoms with Gasteiger partial charge in [-0.3, -0.25) is 0 Å². The van der Waals surface area contributed by atoms with Crippen molar-refractivity contribution >= 4 is 0 Å². The average molecular weight is 287 g/mol. The normalized spacial score (nSPS) is 13.7. The van der Waals surface area contributed by atoms with Crippen LogP contribution in [0.5, 0.6) is 5.75 Å². The Bertz CT molecular complexity index is 542. The zero-order valence-corrected chi connectivity index (χ0v) is 11.9. The average Bonchev–Trinajstić information content (AvgIpc) is 2.56. The molecule has 2 aromatic carbocycles. The van der Waals surface area contributed by atoms with Crippen LogP contribution in [0, 0.1) is 0 Å². The van der Waals surface area contributed by atoms with Crippen molar-refractivity contribution < 1.29 is 14.9 Å². The molecule has 4 nitrogen and oxygen atoms in total. The zero-order chi connectivity index (χ0) is 15.1. The van der Waals surface area contributed by atoms with Gasteiger partial charge in [0.15, 0.2) is 0 Å². The number of benzene rings is 2. The maximum Gasteiger partial charge on any atom is 0.119 e. The van der Waals surface area contributed by atoms with Crippen LogP contribution in [0.2, 0.25) is 0 Å². The van der Waals surface area contributed by atoms with Crippen LogP contribution in [-0.2, 0) is 12.2 Å². The van der Waals surface area contributed by atoms with Crippen molar-refractivity contribution in [3.05, 3.63) is 65.7 Å². The number of hydrogen-bond donors (Lipinski definition) is 3. The lowest BCUT2D eigenvalue weighted by Crippen LogP contribution is -2.36. The van der Waals surface area contributed by atoms with E-state index in [1.807, 2.05) is 42.5 Å². The number of ether oxygens (including phenoxy) is 1. The van der Waals surface area contributed by atoms with Crippen LogP contribution in [0.25, 0.3) is 0 Å². The van der Waals surface area contributed by atoms with Gasteiger partial charge in [-0.25, -0.2) is 0 Å². The van der Waals surface area contributed by atoms with E-state index in [-0.39, 0.29) is 13.2 Å². The fraction of sp³-hybridized carbons (Fsp3) is 0.294. The summed E-state index contributed by atoms with van der Waals surface area (Å²) in [4.78, 5) is 0. The summed E-state index contributed by atoms with van der Waals surface area (Å²) in [5.41, 5.74) is 6.28. The largest absolute Gasteiger partial charge is 0.493 e. The molecule has 112 valence electrons. The van der Waals surface area contributed by atoms with Crippen molar-refractivity contribution in [2.24, 2.45) is 5.73 Å². The highest BCUT2D eigenvalue weighted by Crippen LogP contribution is 2.24. The highest BCUT2D eigenvalue weighted by molar-refractivity contribution is 5.27. The molecule has 1 atom stereocenters.